The molecule has 1 aromatic heterocycles. The van der Waals surface area contributed by atoms with Crippen LogP contribution in [0.2, 0.25) is 0 Å². The van der Waals surface area contributed by atoms with Gasteiger partial charge in [0.15, 0.2) is 0 Å². The summed E-state index contributed by atoms with van der Waals surface area (Å²) < 4.78 is 27.1. The molecule has 152 valence electrons. The fraction of sp³-hybridized carbons (Fsp3) is 0.476. The Bertz CT molecular complexity index is 881. The van der Waals surface area contributed by atoms with E-state index in [0.29, 0.717) is 13.1 Å². The van der Waals surface area contributed by atoms with Gasteiger partial charge in [0.1, 0.15) is 4.90 Å². The molecule has 0 unspecified atom stereocenters. The van der Waals surface area contributed by atoms with Crippen molar-refractivity contribution in [1.29, 1.82) is 0 Å². The average molecular weight is 420 g/mol. The average Bonchev–Trinajstić information content (AvgIpc) is 2.67. The molecule has 0 bridgehead atoms. The van der Waals surface area contributed by atoms with Crippen molar-refractivity contribution in [1.82, 2.24) is 14.2 Å². The summed E-state index contributed by atoms with van der Waals surface area (Å²) in [4.78, 5) is 6.78. The molecule has 0 aliphatic carbocycles. The summed E-state index contributed by atoms with van der Waals surface area (Å²) in [6, 6.07) is 12.1. The van der Waals surface area contributed by atoms with E-state index in [0.717, 1.165) is 23.9 Å². The minimum atomic E-state index is -3.45. The number of aromatic nitrogens is 1. The van der Waals surface area contributed by atoms with E-state index >= 15 is 0 Å². The molecule has 1 aliphatic rings. The molecular formula is C21H29N3O2S2. The van der Waals surface area contributed by atoms with Gasteiger partial charge in [-0.05, 0) is 35.7 Å². The van der Waals surface area contributed by atoms with Gasteiger partial charge in [-0.15, -0.1) is 11.8 Å². The maximum Gasteiger partial charge on any atom is 0.244 e. The fourth-order valence-electron chi connectivity index (χ4n) is 3.04. The van der Waals surface area contributed by atoms with E-state index in [9.17, 15) is 8.42 Å². The summed E-state index contributed by atoms with van der Waals surface area (Å²) in [6.07, 6.45) is 1.48. The molecule has 2 heterocycles. The summed E-state index contributed by atoms with van der Waals surface area (Å²) in [5, 5.41) is 0.831. The van der Waals surface area contributed by atoms with Gasteiger partial charge in [0, 0.05) is 38.1 Å². The van der Waals surface area contributed by atoms with E-state index in [2.05, 4.69) is 54.9 Å². The molecule has 0 N–H and O–H groups in total. The van der Waals surface area contributed by atoms with Gasteiger partial charge in [-0.2, -0.15) is 4.31 Å². The minimum absolute atomic E-state index is 0.151. The number of hydrogen-bond acceptors (Lipinski definition) is 5. The van der Waals surface area contributed by atoms with Crippen LogP contribution in [0.15, 0.2) is 52.5 Å². The van der Waals surface area contributed by atoms with E-state index in [1.54, 1.807) is 28.2 Å². The van der Waals surface area contributed by atoms with Crippen molar-refractivity contribution in [3.8, 4) is 0 Å². The first-order valence-electron chi connectivity index (χ1n) is 9.53. The molecule has 1 aromatic carbocycles. The molecule has 1 aliphatic heterocycles. The van der Waals surface area contributed by atoms with E-state index in [1.165, 1.54) is 17.3 Å². The second kappa shape index (κ2) is 8.53. The highest BCUT2D eigenvalue weighted by molar-refractivity contribution is 7.98. The lowest BCUT2D eigenvalue weighted by atomic mass is 9.87. The van der Waals surface area contributed by atoms with Gasteiger partial charge in [-0.3, -0.25) is 0 Å². The number of nitrogens with zero attached hydrogens (tertiary/aromatic N) is 3. The lowest BCUT2D eigenvalue weighted by molar-refractivity contribution is 0.222. The zero-order valence-electron chi connectivity index (χ0n) is 17.1. The lowest BCUT2D eigenvalue weighted by Crippen LogP contribution is -2.47. The zero-order chi connectivity index (χ0) is 20.4. The van der Waals surface area contributed by atoms with Gasteiger partial charge < -0.3 is 4.90 Å². The molecule has 28 heavy (non-hydrogen) atoms. The van der Waals surface area contributed by atoms with Crippen LogP contribution in [-0.2, 0) is 21.2 Å². The molecular weight excluding hydrogens is 390 g/mol. The minimum Gasteiger partial charge on any atom is -0.304 e. The van der Waals surface area contributed by atoms with Crippen LogP contribution < -0.4 is 0 Å². The highest BCUT2D eigenvalue weighted by Gasteiger charge is 2.27. The first kappa shape index (κ1) is 21.3. The quantitative estimate of drug-likeness (QED) is 0.693. The van der Waals surface area contributed by atoms with Crippen molar-refractivity contribution in [2.24, 2.45) is 0 Å². The number of thioether (sulfide) groups is 1. The molecule has 0 spiro atoms. The lowest BCUT2D eigenvalue weighted by Gasteiger charge is -2.31. The molecule has 1 saturated heterocycles. The maximum atomic E-state index is 12.8. The fourth-order valence-corrected chi connectivity index (χ4v) is 5.21. The Hall–Kier alpha value is -1.41. The molecule has 7 heteroatoms. The van der Waals surface area contributed by atoms with Gasteiger partial charge >= 0.3 is 0 Å². The smallest absolute Gasteiger partial charge is 0.244 e. The number of rotatable bonds is 5. The largest absolute Gasteiger partial charge is 0.304 e. The Kier molecular flexibility index (Phi) is 6.49. The number of pyridine rings is 1. The van der Waals surface area contributed by atoms with Gasteiger partial charge in [0.2, 0.25) is 10.0 Å². The van der Waals surface area contributed by atoms with Gasteiger partial charge in [-0.25, -0.2) is 13.4 Å². The van der Waals surface area contributed by atoms with Crippen molar-refractivity contribution in [2.45, 2.75) is 41.9 Å². The first-order valence-corrected chi connectivity index (χ1v) is 12.0. The van der Waals surface area contributed by atoms with Crippen LogP contribution in [0.1, 0.15) is 31.9 Å². The molecule has 0 saturated carbocycles. The van der Waals surface area contributed by atoms with Crippen molar-refractivity contribution < 1.29 is 8.42 Å². The van der Waals surface area contributed by atoms with E-state index < -0.39 is 10.0 Å². The molecule has 3 rings (SSSR count). The topological polar surface area (TPSA) is 53.5 Å². The summed E-state index contributed by atoms with van der Waals surface area (Å²) in [6.45, 7) is 9.19. The summed E-state index contributed by atoms with van der Waals surface area (Å²) >= 11 is 1.62. The van der Waals surface area contributed by atoms with Crippen LogP contribution in [0.4, 0.5) is 0 Å². The van der Waals surface area contributed by atoms with Crippen LogP contribution in [0.5, 0.6) is 0 Å². The van der Waals surface area contributed by atoms with Crippen LogP contribution in [0, 0.1) is 0 Å². The summed E-state index contributed by atoms with van der Waals surface area (Å²) in [5.74, 6) is 0.808. The van der Waals surface area contributed by atoms with Crippen LogP contribution in [0.3, 0.4) is 0 Å². The molecule has 5 nitrogen and oxygen atoms in total. The number of hydrogen-bond donors (Lipinski definition) is 0. The third-order valence-electron chi connectivity index (χ3n) is 5.02. The molecule has 0 amide bonds. The predicted molar refractivity (Wildman–Crippen MR) is 115 cm³/mol. The Balaban J connectivity index is 1.61. The SMILES string of the molecule is CN1CCN(S(=O)(=O)c2ccc(SCc3ccc(C(C)(C)C)cc3)nc2)CC1. The highest BCUT2D eigenvalue weighted by Crippen LogP contribution is 2.26. The van der Waals surface area contributed by atoms with E-state index in [1.807, 2.05) is 7.05 Å². The van der Waals surface area contributed by atoms with Crippen molar-refractivity contribution in [3.63, 3.8) is 0 Å². The first-order chi connectivity index (χ1) is 13.2. The second-order valence-electron chi connectivity index (χ2n) is 8.28. The number of benzene rings is 1. The third-order valence-corrected chi connectivity index (χ3v) is 7.91. The summed E-state index contributed by atoms with van der Waals surface area (Å²) in [5.41, 5.74) is 2.70. The molecule has 1 fully saturated rings. The number of likely N-dealkylation sites (N-methyl/N-ethyl adjacent to an activating group) is 1. The van der Waals surface area contributed by atoms with Crippen molar-refractivity contribution in [3.05, 3.63) is 53.7 Å². The standard InChI is InChI=1S/C21H29N3O2S2/c1-21(2,3)18-7-5-17(6-8-18)16-27-20-10-9-19(15-22-20)28(25,26)24-13-11-23(4)12-14-24/h5-10,15H,11-14,16H2,1-4H3. The van der Waals surface area contributed by atoms with Crippen LogP contribution in [0.25, 0.3) is 0 Å². The predicted octanol–water partition coefficient (Wildman–Crippen LogP) is 3.61. The molecule has 2 aromatic rings. The van der Waals surface area contributed by atoms with Gasteiger partial charge in [-0.1, -0.05) is 45.0 Å². The molecule has 0 radical (unpaired) electrons. The zero-order valence-corrected chi connectivity index (χ0v) is 18.7. The number of piperazine rings is 1. The highest BCUT2D eigenvalue weighted by atomic mass is 32.2. The maximum absolute atomic E-state index is 12.8. The Morgan fingerprint density at radius 3 is 2.18 bits per heavy atom. The Morgan fingerprint density at radius 2 is 1.64 bits per heavy atom. The normalized spacial score (nSPS) is 17.0. The van der Waals surface area contributed by atoms with Gasteiger partial charge in [0.05, 0.1) is 5.03 Å². The van der Waals surface area contributed by atoms with Crippen LogP contribution in [-0.4, -0.2) is 55.8 Å². The third kappa shape index (κ3) is 5.14. The van der Waals surface area contributed by atoms with Crippen molar-refractivity contribution in [2.75, 3.05) is 33.2 Å². The Morgan fingerprint density at radius 1 is 1.00 bits per heavy atom. The summed E-state index contributed by atoms with van der Waals surface area (Å²) in [7, 11) is -1.45. The van der Waals surface area contributed by atoms with Crippen LogP contribution >= 0.6 is 11.8 Å². The van der Waals surface area contributed by atoms with E-state index in [-0.39, 0.29) is 10.3 Å². The monoisotopic (exact) mass is 419 g/mol. The molecule has 0 atom stereocenters. The number of sulfonamides is 1. The van der Waals surface area contributed by atoms with Crippen molar-refractivity contribution >= 4 is 21.8 Å². The van der Waals surface area contributed by atoms with Gasteiger partial charge in [0.25, 0.3) is 0 Å². The Labute approximate surface area is 173 Å². The second-order valence-corrected chi connectivity index (χ2v) is 11.2. The van der Waals surface area contributed by atoms with E-state index in [4.69, 9.17) is 0 Å².